The third-order valence-corrected chi connectivity index (χ3v) is 4.30. The van der Waals surface area contributed by atoms with Gasteiger partial charge in [-0.2, -0.15) is 11.8 Å². The van der Waals surface area contributed by atoms with E-state index in [1.54, 1.807) is 11.8 Å². The van der Waals surface area contributed by atoms with Gasteiger partial charge in [0.2, 0.25) is 5.91 Å². The Balaban J connectivity index is 2.27. The minimum atomic E-state index is 0.220. The first kappa shape index (κ1) is 15.8. The smallest absolute Gasteiger partial charge is 0.222 e. The SMILES string of the molecule is CCC(CO)N1CCN(C(=O)CCCSC)CC1. The summed E-state index contributed by atoms with van der Waals surface area (Å²) < 4.78 is 0. The van der Waals surface area contributed by atoms with Crippen LogP contribution in [0, 0.1) is 0 Å². The molecule has 0 aliphatic carbocycles. The van der Waals surface area contributed by atoms with E-state index in [-0.39, 0.29) is 12.6 Å². The quantitative estimate of drug-likeness (QED) is 0.705. The van der Waals surface area contributed by atoms with Gasteiger partial charge in [-0.3, -0.25) is 9.69 Å². The van der Waals surface area contributed by atoms with Crippen molar-refractivity contribution in [3.63, 3.8) is 0 Å². The molecule has 1 rings (SSSR count). The molecule has 1 saturated heterocycles. The summed E-state index contributed by atoms with van der Waals surface area (Å²) >= 11 is 1.79. The van der Waals surface area contributed by atoms with Gasteiger partial charge in [-0.15, -0.1) is 0 Å². The van der Waals surface area contributed by atoms with Crippen molar-refractivity contribution >= 4 is 17.7 Å². The van der Waals surface area contributed by atoms with E-state index in [0.717, 1.165) is 44.8 Å². The first-order chi connectivity index (χ1) is 8.72. The van der Waals surface area contributed by atoms with E-state index >= 15 is 0 Å². The molecule has 0 aromatic rings. The summed E-state index contributed by atoms with van der Waals surface area (Å²) in [6, 6.07) is 0.263. The lowest BCUT2D eigenvalue weighted by Gasteiger charge is -2.38. The van der Waals surface area contributed by atoms with Crippen LogP contribution >= 0.6 is 11.8 Å². The molecule has 1 unspecified atom stereocenters. The number of rotatable bonds is 7. The minimum Gasteiger partial charge on any atom is -0.395 e. The molecule has 1 atom stereocenters. The normalized spacial score (nSPS) is 18.9. The van der Waals surface area contributed by atoms with Crippen molar-refractivity contribution < 1.29 is 9.90 Å². The third kappa shape index (κ3) is 4.78. The molecular formula is C13H26N2O2S. The first-order valence-corrected chi connectivity index (χ1v) is 8.23. The monoisotopic (exact) mass is 274 g/mol. The highest BCUT2D eigenvalue weighted by Crippen LogP contribution is 2.11. The van der Waals surface area contributed by atoms with Crippen LogP contribution in [0.1, 0.15) is 26.2 Å². The molecule has 0 bridgehead atoms. The second-order valence-corrected chi connectivity index (χ2v) is 5.74. The van der Waals surface area contributed by atoms with E-state index in [0.29, 0.717) is 12.3 Å². The molecule has 1 fully saturated rings. The molecule has 0 saturated carbocycles. The number of carbonyl (C=O) groups is 1. The lowest BCUT2D eigenvalue weighted by atomic mass is 10.1. The van der Waals surface area contributed by atoms with Gasteiger partial charge >= 0.3 is 0 Å². The van der Waals surface area contributed by atoms with Crippen molar-refractivity contribution in [2.75, 3.05) is 44.8 Å². The molecule has 1 N–H and O–H groups in total. The number of nitrogens with zero attached hydrogens (tertiary/aromatic N) is 2. The van der Waals surface area contributed by atoms with Gasteiger partial charge in [0.05, 0.1) is 6.61 Å². The van der Waals surface area contributed by atoms with E-state index in [4.69, 9.17) is 0 Å². The molecule has 0 aromatic carbocycles. The molecule has 0 radical (unpaired) electrons. The number of aliphatic hydroxyl groups excluding tert-OH is 1. The number of thioether (sulfide) groups is 1. The van der Waals surface area contributed by atoms with Crippen LogP contribution in [0.3, 0.4) is 0 Å². The number of hydrogen-bond acceptors (Lipinski definition) is 4. The molecule has 106 valence electrons. The Morgan fingerprint density at radius 2 is 2.00 bits per heavy atom. The standard InChI is InChI=1S/C13H26N2O2S/c1-3-12(11-16)14-6-8-15(9-7-14)13(17)5-4-10-18-2/h12,16H,3-11H2,1-2H3. The Labute approximate surface area is 115 Å². The molecular weight excluding hydrogens is 248 g/mol. The van der Waals surface area contributed by atoms with Crippen LogP contribution in [0.2, 0.25) is 0 Å². The number of amides is 1. The van der Waals surface area contributed by atoms with Crippen LogP contribution < -0.4 is 0 Å². The van der Waals surface area contributed by atoms with Crippen LogP contribution in [0.4, 0.5) is 0 Å². The van der Waals surface area contributed by atoms with Crippen LogP contribution in [-0.4, -0.2) is 71.6 Å². The summed E-state index contributed by atoms with van der Waals surface area (Å²) in [6.07, 6.45) is 4.70. The van der Waals surface area contributed by atoms with Crippen molar-refractivity contribution in [1.29, 1.82) is 0 Å². The highest BCUT2D eigenvalue weighted by Gasteiger charge is 2.24. The van der Waals surface area contributed by atoms with Crippen molar-refractivity contribution in [2.24, 2.45) is 0 Å². The Morgan fingerprint density at radius 3 is 2.50 bits per heavy atom. The highest BCUT2D eigenvalue weighted by molar-refractivity contribution is 7.98. The zero-order valence-corrected chi connectivity index (χ0v) is 12.4. The lowest BCUT2D eigenvalue weighted by Crippen LogP contribution is -2.52. The van der Waals surface area contributed by atoms with E-state index in [2.05, 4.69) is 18.1 Å². The summed E-state index contributed by atoms with van der Waals surface area (Å²) in [5.74, 6) is 1.36. The molecule has 5 heteroatoms. The Morgan fingerprint density at radius 1 is 1.33 bits per heavy atom. The third-order valence-electron chi connectivity index (χ3n) is 3.60. The second-order valence-electron chi connectivity index (χ2n) is 4.76. The molecule has 0 spiro atoms. The fraction of sp³-hybridized carbons (Fsp3) is 0.923. The molecule has 1 aliphatic heterocycles. The average Bonchev–Trinajstić information content (AvgIpc) is 2.41. The highest BCUT2D eigenvalue weighted by atomic mass is 32.2. The Bertz CT molecular complexity index is 239. The predicted molar refractivity (Wildman–Crippen MR) is 76.9 cm³/mol. The lowest BCUT2D eigenvalue weighted by molar-refractivity contribution is -0.133. The Hall–Kier alpha value is -0.260. The number of aliphatic hydroxyl groups is 1. The molecule has 1 heterocycles. The maximum absolute atomic E-state index is 11.9. The van der Waals surface area contributed by atoms with Gasteiger partial charge in [0.15, 0.2) is 0 Å². The van der Waals surface area contributed by atoms with Crippen molar-refractivity contribution in [1.82, 2.24) is 9.80 Å². The predicted octanol–water partition coefficient (Wildman–Crippen LogP) is 1.04. The van der Waals surface area contributed by atoms with Crippen molar-refractivity contribution in [3.05, 3.63) is 0 Å². The van der Waals surface area contributed by atoms with Gasteiger partial charge in [-0.1, -0.05) is 6.92 Å². The van der Waals surface area contributed by atoms with Gasteiger partial charge in [0.1, 0.15) is 0 Å². The maximum atomic E-state index is 11.9. The zero-order chi connectivity index (χ0) is 13.4. The summed E-state index contributed by atoms with van der Waals surface area (Å²) in [7, 11) is 0. The largest absolute Gasteiger partial charge is 0.395 e. The van der Waals surface area contributed by atoms with Crippen LogP contribution in [0.25, 0.3) is 0 Å². The molecule has 0 aromatic heterocycles. The number of hydrogen-bond donors (Lipinski definition) is 1. The van der Waals surface area contributed by atoms with Gasteiger partial charge in [0.25, 0.3) is 0 Å². The van der Waals surface area contributed by atoms with E-state index in [1.807, 2.05) is 4.90 Å². The minimum absolute atomic E-state index is 0.220. The summed E-state index contributed by atoms with van der Waals surface area (Å²) in [5.41, 5.74) is 0. The molecule has 18 heavy (non-hydrogen) atoms. The van der Waals surface area contributed by atoms with Crippen molar-refractivity contribution in [3.8, 4) is 0 Å². The second kappa shape index (κ2) is 8.77. The van der Waals surface area contributed by atoms with E-state index in [1.165, 1.54) is 0 Å². The van der Waals surface area contributed by atoms with Gasteiger partial charge < -0.3 is 10.0 Å². The zero-order valence-electron chi connectivity index (χ0n) is 11.6. The van der Waals surface area contributed by atoms with Gasteiger partial charge in [-0.05, 0) is 24.9 Å². The summed E-state index contributed by atoms with van der Waals surface area (Å²) in [6.45, 7) is 5.74. The molecule has 1 aliphatic rings. The van der Waals surface area contributed by atoms with Crippen LogP contribution in [0.5, 0.6) is 0 Å². The fourth-order valence-corrected chi connectivity index (χ4v) is 2.80. The van der Waals surface area contributed by atoms with Crippen LogP contribution in [-0.2, 0) is 4.79 Å². The fourth-order valence-electron chi connectivity index (χ4n) is 2.37. The van der Waals surface area contributed by atoms with E-state index < -0.39 is 0 Å². The molecule has 1 amide bonds. The van der Waals surface area contributed by atoms with Gasteiger partial charge in [0, 0.05) is 38.6 Å². The Kier molecular flexibility index (Phi) is 7.70. The van der Waals surface area contributed by atoms with Gasteiger partial charge in [-0.25, -0.2) is 0 Å². The summed E-state index contributed by atoms with van der Waals surface area (Å²) in [4.78, 5) is 16.2. The topological polar surface area (TPSA) is 43.8 Å². The molecule has 4 nitrogen and oxygen atoms in total. The summed E-state index contributed by atoms with van der Waals surface area (Å²) in [5, 5.41) is 9.27. The number of piperazine rings is 1. The van der Waals surface area contributed by atoms with Crippen LogP contribution in [0.15, 0.2) is 0 Å². The number of carbonyl (C=O) groups excluding carboxylic acids is 1. The first-order valence-electron chi connectivity index (χ1n) is 6.84. The van der Waals surface area contributed by atoms with Crippen molar-refractivity contribution in [2.45, 2.75) is 32.2 Å². The van der Waals surface area contributed by atoms with E-state index in [9.17, 15) is 9.90 Å². The maximum Gasteiger partial charge on any atom is 0.222 e. The average molecular weight is 274 g/mol.